The lowest BCUT2D eigenvalue weighted by Crippen LogP contribution is -2.44. The molecule has 1 aromatic heterocycles. The number of hydrogen-bond donors (Lipinski definition) is 2. The van der Waals surface area contributed by atoms with Crippen LogP contribution >= 0.6 is 0 Å². The highest BCUT2D eigenvalue weighted by Gasteiger charge is 2.39. The maximum atomic E-state index is 12.2. The summed E-state index contributed by atoms with van der Waals surface area (Å²) in [4.78, 5) is 23.0. The van der Waals surface area contributed by atoms with Crippen molar-refractivity contribution >= 4 is 11.9 Å². The van der Waals surface area contributed by atoms with Crippen LogP contribution in [0.25, 0.3) is 0 Å². The van der Waals surface area contributed by atoms with Crippen molar-refractivity contribution in [1.29, 1.82) is 0 Å². The van der Waals surface area contributed by atoms with Crippen molar-refractivity contribution in [1.82, 2.24) is 20.3 Å². The van der Waals surface area contributed by atoms with Crippen LogP contribution in [0.1, 0.15) is 63.0 Å². The molecular formula is C17H26N4O3. The van der Waals surface area contributed by atoms with Gasteiger partial charge in [-0.25, -0.2) is 9.48 Å². The molecule has 0 aromatic carbocycles. The summed E-state index contributed by atoms with van der Waals surface area (Å²) < 4.78 is 1.56. The fourth-order valence-electron chi connectivity index (χ4n) is 3.57. The van der Waals surface area contributed by atoms with E-state index in [9.17, 15) is 9.59 Å². The molecule has 0 unspecified atom stereocenters. The van der Waals surface area contributed by atoms with E-state index in [4.69, 9.17) is 5.11 Å². The summed E-state index contributed by atoms with van der Waals surface area (Å²) in [7, 11) is 0. The van der Waals surface area contributed by atoms with E-state index in [1.807, 2.05) is 0 Å². The van der Waals surface area contributed by atoms with Gasteiger partial charge in [-0.05, 0) is 42.9 Å². The van der Waals surface area contributed by atoms with Crippen molar-refractivity contribution in [3.05, 3.63) is 11.9 Å². The van der Waals surface area contributed by atoms with Crippen LogP contribution in [0, 0.1) is 23.2 Å². The summed E-state index contributed by atoms with van der Waals surface area (Å²) in [6.45, 7) is 7.61. The molecule has 1 heterocycles. The van der Waals surface area contributed by atoms with Gasteiger partial charge in [-0.2, -0.15) is 0 Å². The molecule has 1 amide bonds. The third-order valence-corrected chi connectivity index (χ3v) is 5.61. The van der Waals surface area contributed by atoms with Crippen molar-refractivity contribution in [2.45, 2.75) is 52.5 Å². The van der Waals surface area contributed by atoms with Gasteiger partial charge < -0.3 is 10.4 Å². The first-order valence-electron chi connectivity index (χ1n) is 8.67. The van der Waals surface area contributed by atoms with Crippen molar-refractivity contribution < 1.29 is 14.7 Å². The Morgan fingerprint density at radius 1 is 1.29 bits per heavy atom. The van der Waals surface area contributed by atoms with Gasteiger partial charge >= 0.3 is 5.97 Å². The monoisotopic (exact) mass is 334 g/mol. The molecule has 7 nitrogen and oxygen atoms in total. The van der Waals surface area contributed by atoms with Crippen LogP contribution in [-0.4, -0.2) is 38.5 Å². The van der Waals surface area contributed by atoms with Gasteiger partial charge in [0.05, 0.1) is 12.2 Å². The summed E-state index contributed by atoms with van der Waals surface area (Å²) in [5, 5.41) is 19.4. The first-order valence-corrected chi connectivity index (χ1v) is 8.67. The van der Waals surface area contributed by atoms with E-state index in [0.717, 1.165) is 12.5 Å². The smallest absolute Gasteiger partial charge is 0.358 e. The number of nitrogens with one attached hydrogen (secondary N) is 1. The van der Waals surface area contributed by atoms with Gasteiger partial charge in [0.2, 0.25) is 5.91 Å². The minimum absolute atomic E-state index is 0.00553. The number of aromatic carboxylic acids is 1. The highest BCUT2D eigenvalue weighted by atomic mass is 16.4. The number of carbonyl (C=O) groups excluding carboxylic acids is 1. The van der Waals surface area contributed by atoms with Gasteiger partial charge in [-0.15, -0.1) is 5.10 Å². The topological polar surface area (TPSA) is 97.1 Å². The Hall–Kier alpha value is -1.92. The van der Waals surface area contributed by atoms with Crippen LogP contribution in [0.3, 0.4) is 0 Å². The molecule has 0 aliphatic heterocycles. The van der Waals surface area contributed by atoms with Crippen LogP contribution in [0.2, 0.25) is 0 Å². The molecule has 2 aliphatic carbocycles. The molecule has 0 saturated heterocycles. The number of aromatic nitrogens is 3. The molecule has 2 N–H and O–H groups in total. The second kappa shape index (κ2) is 6.18. The molecule has 3 rings (SSSR count). The summed E-state index contributed by atoms with van der Waals surface area (Å²) in [6, 6.07) is 0.0790. The third kappa shape index (κ3) is 3.44. The number of carboxylic acid groups (broad SMARTS) is 1. The molecule has 0 radical (unpaired) electrons. The molecule has 0 atom stereocenters. The van der Waals surface area contributed by atoms with Crippen LogP contribution in [0.4, 0.5) is 0 Å². The first kappa shape index (κ1) is 16.9. The lowest BCUT2D eigenvalue weighted by molar-refractivity contribution is -0.129. The van der Waals surface area contributed by atoms with E-state index >= 15 is 0 Å². The zero-order valence-electron chi connectivity index (χ0n) is 14.5. The molecule has 7 heteroatoms. The predicted molar refractivity (Wildman–Crippen MR) is 87.4 cm³/mol. The second-order valence-corrected chi connectivity index (χ2v) is 8.36. The van der Waals surface area contributed by atoms with Gasteiger partial charge in [0.1, 0.15) is 0 Å². The van der Waals surface area contributed by atoms with Crippen molar-refractivity contribution in [3.63, 3.8) is 0 Å². The van der Waals surface area contributed by atoms with Crippen molar-refractivity contribution in [3.8, 4) is 0 Å². The van der Waals surface area contributed by atoms with E-state index in [0.29, 0.717) is 24.2 Å². The molecule has 2 fully saturated rings. The van der Waals surface area contributed by atoms with Gasteiger partial charge in [-0.1, -0.05) is 26.0 Å². The summed E-state index contributed by atoms with van der Waals surface area (Å²) in [5.41, 5.74) is 0.315. The molecule has 24 heavy (non-hydrogen) atoms. The number of amides is 1. The number of nitrogens with zero attached hydrogens (tertiary/aromatic N) is 3. The Morgan fingerprint density at radius 3 is 2.50 bits per heavy atom. The standard InChI is InChI=1S/C17H26N4O3/c1-17(2,3)12-4-10(5-12)8-18-15(22)11-6-13(7-11)21-9-14(16(23)24)19-20-21/h9-13H,4-8H2,1-3H3,(H,18,22)(H,23,24). The van der Waals surface area contributed by atoms with Crippen molar-refractivity contribution in [2.24, 2.45) is 23.2 Å². The predicted octanol–water partition coefficient (Wildman–Crippen LogP) is 2.12. The fraction of sp³-hybridized carbons (Fsp3) is 0.765. The first-order chi connectivity index (χ1) is 11.2. The number of rotatable bonds is 5. The average Bonchev–Trinajstić information content (AvgIpc) is 2.82. The average molecular weight is 334 g/mol. The summed E-state index contributed by atoms with van der Waals surface area (Å²) in [6.07, 6.45) is 5.23. The van der Waals surface area contributed by atoms with Gasteiger partial charge in [-0.3, -0.25) is 4.79 Å². The van der Waals surface area contributed by atoms with E-state index in [1.54, 1.807) is 4.68 Å². The SMILES string of the molecule is CC(C)(C)C1CC(CNC(=O)C2CC(n3cc(C(=O)O)nn3)C2)C1. The number of carbonyl (C=O) groups is 2. The van der Waals surface area contributed by atoms with Gasteiger partial charge in [0.25, 0.3) is 0 Å². The molecule has 132 valence electrons. The van der Waals surface area contributed by atoms with E-state index in [-0.39, 0.29) is 23.6 Å². The number of carboxylic acids is 1. The van der Waals surface area contributed by atoms with Crippen LogP contribution in [-0.2, 0) is 4.79 Å². The molecule has 0 spiro atoms. The molecule has 2 saturated carbocycles. The van der Waals surface area contributed by atoms with E-state index < -0.39 is 5.97 Å². The molecule has 2 aliphatic rings. The van der Waals surface area contributed by atoms with E-state index in [2.05, 4.69) is 36.4 Å². The second-order valence-electron chi connectivity index (χ2n) is 8.36. The Kier molecular flexibility index (Phi) is 4.36. The Balaban J connectivity index is 1.37. The van der Waals surface area contributed by atoms with Crippen LogP contribution in [0.15, 0.2) is 6.20 Å². The molecule has 0 bridgehead atoms. The minimum Gasteiger partial charge on any atom is -0.476 e. The summed E-state index contributed by atoms with van der Waals surface area (Å²) >= 11 is 0. The van der Waals surface area contributed by atoms with Crippen molar-refractivity contribution in [2.75, 3.05) is 6.54 Å². The largest absolute Gasteiger partial charge is 0.476 e. The third-order valence-electron chi connectivity index (χ3n) is 5.61. The van der Waals surface area contributed by atoms with Gasteiger partial charge in [0, 0.05) is 12.5 Å². The molecular weight excluding hydrogens is 308 g/mol. The normalized spacial score (nSPS) is 29.5. The Morgan fingerprint density at radius 2 is 1.96 bits per heavy atom. The number of hydrogen-bond acceptors (Lipinski definition) is 4. The quantitative estimate of drug-likeness (QED) is 0.859. The van der Waals surface area contributed by atoms with Crippen LogP contribution < -0.4 is 5.32 Å². The summed E-state index contributed by atoms with van der Waals surface area (Å²) in [5.74, 6) is 0.421. The highest BCUT2D eigenvalue weighted by Crippen LogP contribution is 2.45. The zero-order valence-corrected chi connectivity index (χ0v) is 14.5. The zero-order chi connectivity index (χ0) is 17.5. The maximum absolute atomic E-state index is 12.2. The highest BCUT2D eigenvalue weighted by molar-refractivity contribution is 5.84. The van der Waals surface area contributed by atoms with Crippen LogP contribution in [0.5, 0.6) is 0 Å². The maximum Gasteiger partial charge on any atom is 0.358 e. The Labute approximate surface area is 141 Å². The fourth-order valence-corrected chi connectivity index (χ4v) is 3.57. The van der Waals surface area contributed by atoms with E-state index in [1.165, 1.54) is 19.0 Å². The molecule has 1 aromatic rings. The Bertz CT molecular complexity index is 622. The van der Waals surface area contributed by atoms with Gasteiger partial charge in [0.15, 0.2) is 5.69 Å². The minimum atomic E-state index is -1.08. The lowest BCUT2D eigenvalue weighted by Gasteiger charge is -2.44. The lowest BCUT2D eigenvalue weighted by atomic mass is 9.63.